The quantitative estimate of drug-likeness (QED) is 0.849. The van der Waals surface area contributed by atoms with E-state index >= 15 is 0 Å². The van der Waals surface area contributed by atoms with Gasteiger partial charge in [-0.1, -0.05) is 47.8 Å². The van der Waals surface area contributed by atoms with Crippen LogP contribution in [0.2, 0.25) is 0 Å². The molecule has 1 fully saturated rings. The molecule has 2 heteroatoms. The summed E-state index contributed by atoms with van der Waals surface area (Å²) in [5, 5.41) is 0. The van der Waals surface area contributed by atoms with Gasteiger partial charge in [-0.15, -0.1) is 0 Å². The van der Waals surface area contributed by atoms with E-state index in [0.29, 0.717) is 5.92 Å². The largest absolute Gasteiger partial charge is 0.324 e. The highest BCUT2D eigenvalue weighted by Crippen LogP contribution is 2.36. The zero-order valence-electron chi connectivity index (χ0n) is 10.7. The molecule has 0 aromatic heterocycles. The van der Waals surface area contributed by atoms with Gasteiger partial charge in [0.15, 0.2) is 0 Å². The van der Waals surface area contributed by atoms with E-state index in [1.807, 2.05) is 0 Å². The van der Waals surface area contributed by atoms with E-state index in [9.17, 15) is 0 Å². The summed E-state index contributed by atoms with van der Waals surface area (Å²) in [5.41, 5.74) is 9.00. The van der Waals surface area contributed by atoms with Gasteiger partial charge in [0.2, 0.25) is 0 Å². The summed E-state index contributed by atoms with van der Waals surface area (Å²) in [6.07, 6.45) is 5.26. The van der Waals surface area contributed by atoms with E-state index in [0.717, 1.165) is 5.92 Å². The van der Waals surface area contributed by atoms with Gasteiger partial charge in [0.05, 0.1) is 0 Å². The zero-order valence-corrected chi connectivity index (χ0v) is 12.3. The van der Waals surface area contributed by atoms with Crippen LogP contribution in [0.3, 0.4) is 0 Å². The van der Waals surface area contributed by atoms with Crippen LogP contribution in [-0.4, -0.2) is 0 Å². The van der Waals surface area contributed by atoms with Crippen molar-refractivity contribution in [2.24, 2.45) is 17.6 Å². The number of hydrogen-bond donors (Lipinski definition) is 1. The van der Waals surface area contributed by atoms with Crippen LogP contribution in [-0.2, 0) is 0 Å². The lowest BCUT2D eigenvalue weighted by molar-refractivity contribution is 0.256. The first-order chi connectivity index (χ1) is 8.08. The fourth-order valence-electron chi connectivity index (χ4n) is 2.79. The summed E-state index contributed by atoms with van der Waals surface area (Å²) in [6.45, 7) is 4.48. The molecule has 1 aliphatic carbocycles. The van der Waals surface area contributed by atoms with Gasteiger partial charge in [-0.05, 0) is 48.8 Å². The van der Waals surface area contributed by atoms with E-state index in [4.69, 9.17) is 5.73 Å². The molecule has 1 atom stereocenters. The average molecular weight is 296 g/mol. The molecule has 2 rings (SSSR count). The number of halogens is 1. The molecule has 0 heterocycles. The Morgan fingerprint density at radius 3 is 2.47 bits per heavy atom. The minimum atomic E-state index is 0.217. The van der Waals surface area contributed by atoms with Crippen LogP contribution >= 0.6 is 15.9 Å². The van der Waals surface area contributed by atoms with Crippen LogP contribution in [0.1, 0.15) is 49.8 Å². The minimum absolute atomic E-state index is 0.217. The molecule has 1 saturated carbocycles. The number of rotatable bonds is 2. The first-order valence-electron chi connectivity index (χ1n) is 6.59. The van der Waals surface area contributed by atoms with Crippen LogP contribution in [0, 0.1) is 18.8 Å². The molecule has 0 radical (unpaired) electrons. The van der Waals surface area contributed by atoms with E-state index < -0.39 is 0 Å². The van der Waals surface area contributed by atoms with Crippen LogP contribution in [0.25, 0.3) is 0 Å². The van der Waals surface area contributed by atoms with Crippen molar-refractivity contribution in [3.05, 3.63) is 33.8 Å². The van der Waals surface area contributed by atoms with Gasteiger partial charge in [0.25, 0.3) is 0 Å². The highest BCUT2D eigenvalue weighted by molar-refractivity contribution is 9.10. The van der Waals surface area contributed by atoms with Crippen molar-refractivity contribution >= 4 is 15.9 Å². The predicted octanol–water partition coefficient (Wildman–Crippen LogP) is 4.58. The van der Waals surface area contributed by atoms with Crippen molar-refractivity contribution in [3.8, 4) is 0 Å². The minimum Gasteiger partial charge on any atom is -0.324 e. The maximum absolute atomic E-state index is 6.42. The topological polar surface area (TPSA) is 26.0 Å². The van der Waals surface area contributed by atoms with Gasteiger partial charge in [-0.25, -0.2) is 0 Å². The summed E-state index contributed by atoms with van der Waals surface area (Å²) >= 11 is 3.54. The van der Waals surface area contributed by atoms with E-state index in [1.165, 1.54) is 41.3 Å². The molecule has 94 valence electrons. The number of benzene rings is 1. The lowest BCUT2D eigenvalue weighted by Crippen LogP contribution is -2.25. The lowest BCUT2D eigenvalue weighted by Gasteiger charge is -2.31. The van der Waals surface area contributed by atoms with Gasteiger partial charge in [-0.2, -0.15) is 0 Å². The van der Waals surface area contributed by atoms with Gasteiger partial charge in [-0.3, -0.25) is 0 Å². The molecule has 0 bridgehead atoms. The van der Waals surface area contributed by atoms with E-state index in [2.05, 4.69) is 48.0 Å². The van der Waals surface area contributed by atoms with Crippen molar-refractivity contribution < 1.29 is 0 Å². The second kappa shape index (κ2) is 5.53. The summed E-state index contributed by atoms with van der Waals surface area (Å²) in [6, 6.07) is 6.73. The van der Waals surface area contributed by atoms with Crippen molar-refractivity contribution in [1.29, 1.82) is 0 Å². The molecule has 0 aliphatic heterocycles. The van der Waals surface area contributed by atoms with Crippen molar-refractivity contribution in [3.63, 3.8) is 0 Å². The Kier molecular flexibility index (Phi) is 4.26. The summed E-state index contributed by atoms with van der Waals surface area (Å²) in [5.74, 6) is 1.57. The van der Waals surface area contributed by atoms with Gasteiger partial charge >= 0.3 is 0 Å². The first-order valence-corrected chi connectivity index (χ1v) is 7.39. The SMILES string of the molecule is Cc1cc(C(N)C2CCC(C)CC2)ccc1Br. The normalized spacial score (nSPS) is 26.8. The van der Waals surface area contributed by atoms with Crippen molar-refractivity contribution in [1.82, 2.24) is 0 Å². The molecular formula is C15H22BrN. The maximum atomic E-state index is 6.42. The average Bonchev–Trinajstić information content (AvgIpc) is 2.33. The van der Waals surface area contributed by atoms with Gasteiger partial charge in [0.1, 0.15) is 0 Å². The van der Waals surface area contributed by atoms with Crippen LogP contribution < -0.4 is 5.73 Å². The lowest BCUT2D eigenvalue weighted by atomic mass is 9.77. The monoisotopic (exact) mass is 295 g/mol. The highest BCUT2D eigenvalue weighted by atomic mass is 79.9. The molecule has 1 aromatic rings. The second-order valence-electron chi connectivity index (χ2n) is 5.55. The fourth-order valence-corrected chi connectivity index (χ4v) is 3.04. The molecule has 0 spiro atoms. The van der Waals surface area contributed by atoms with Crippen LogP contribution in [0.15, 0.2) is 22.7 Å². The van der Waals surface area contributed by atoms with Crippen LogP contribution in [0.5, 0.6) is 0 Å². The zero-order chi connectivity index (χ0) is 12.4. The first kappa shape index (κ1) is 13.1. The third-order valence-electron chi connectivity index (χ3n) is 4.14. The highest BCUT2D eigenvalue weighted by Gasteiger charge is 2.24. The van der Waals surface area contributed by atoms with E-state index in [1.54, 1.807) is 0 Å². The van der Waals surface area contributed by atoms with Gasteiger partial charge < -0.3 is 5.73 Å². The summed E-state index contributed by atoms with van der Waals surface area (Å²) < 4.78 is 1.17. The molecule has 1 aliphatic rings. The number of aryl methyl sites for hydroxylation is 1. The molecule has 0 amide bonds. The Labute approximate surface area is 113 Å². The smallest absolute Gasteiger partial charge is 0.0323 e. The number of hydrogen-bond acceptors (Lipinski definition) is 1. The maximum Gasteiger partial charge on any atom is 0.0323 e. The summed E-state index contributed by atoms with van der Waals surface area (Å²) in [4.78, 5) is 0. The Morgan fingerprint density at radius 1 is 1.24 bits per heavy atom. The third-order valence-corrected chi connectivity index (χ3v) is 5.03. The Balaban J connectivity index is 2.08. The Bertz CT molecular complexity index is 381. The van der Waals surface area contributed by atoms with Crippen molar-refractivity contribution in [2.45, 2.75) is 45.6 Å². The molecular weight excluding hydrogens is 274 g/mol. The molecule has 17 heavy (non-hydrogen) atoms. The molecule has 1 aromatic carbocycles. The molecule has 0 saturated heterocycles. The predicted molar refractivity (Wildman–Crippen MR) is 76.9 cm³/mol. The fraction of sp³-hybridized carbons (Fsp3) is 0.600. The Hall–Kier alpha value is -0.340. The molecule has 1 nitrogen and oxygen atoms in total. The molecule has 1 unspecified atom stereocenters. The molecule has 2 N–H and O–H groups in total. The van der Waals surface area contributed by atoms with Crippen LogP contribution in [0.4, 0.5) is 0 Å². The van der Waals surface area contributed by atoms with E-state index in [-0.39, 0.29) is 6.04 Å². The standard InChI is InChI=1S/C15H22BrN/c1-10-3-5-12(6-4-10)15(17)13-7-8-14(16)11(2)9-13/h7-10,12,15H,3-6,17H2,1-2H3. The summed E-state index contributed by atoms with van der Waals surface area (Å²) in [7, 11) is 0. The Morgan fingerprint density at radius 2 is 1.88 bits per heavy atom. The van der Waals surface area contributed by atoms with Gasteiger partial charge in [0, 0.05) is 10.5 Å². The third kappa shape index (κ3) is 3.11. The second-order valence-corrected chi connectivity index (χ2v) is 6.41. The number of nitrogens with two attached hydrogens (primary N) is 1. The van der Waals surface area contributed by atoms with Crippen molar-refractivity contribution in [2.75, 3.05) is 0 Å².